The van der Waals surface area contributed by atoms with Crippen LogP contribution in [0.5, 0.6) is 5.75 Å². The lowest BCUT2D eigenvalue weighted by Crippen LogP contribution is -2.50. The summed E-state index contributed by atoms with van der Waals surface area (Å²) in [7, 11) is 1.67. The molecule has 0 bridgehead atoms. The van der Waals surface area contributed by atoms with E-state index in [2.05, 4.69) is 23.2 Å². The number of hydrogen-bond acceptors (Lipinski definition) is 4. The Kier molecular flexibility index (Phi) is 4.58. The smallest absolute Gasteiger partial charge is 0.119 e. The molecule has 1 aromatic rings. The normalized spacial score (nSPS) is 22.7. The summed E-state index contributed by atoms with van der Waals surface area (Å²) >= 11 is 0. The summed E-state index contributed by atoms with van der Waals surface area (Å²) < 4.78 is 5.25. The third kappa shape index (κ3) is 3.02. The molecule has 100 valence electrons. The van der Waals surface area contributed by atoms with Crippen molar-refractivity contribution in [2.75, 3.05) is 33.4 Å². The molecule has 2 atom stereocenters. The SMILES string of the molecule is COc1cccc(C(CO)N2CCNC(C)C2)c1. The van der Waals surface area contributed by atoms with E-state index in [1.165, 1.54) is 0 Å². The van der Waals surface area contributed by atoms with Gasteiger partial charge < -0.3 is 15.2 Å². The summed E-state index contributed by atoms with van der Waals surface area (Å²) in [6.07, 6.45) is 0. The molecule has 0 spiro atoms. The van der Waals surface area contributed by atoms with Crippen LogP contribution in [0, 0.1) is 0 Å². The minimum absolute atomic E-state index is 0.0599. The maximum absolute atomic E-state index is 9.68. The number of piperazine rings is 1. The monoisotopic (exact) mass is 250 g/mol. The van der Waals surface area contributed by atoms with Crippen molar-refractivity contribution in [3.05, 3.63) is 29.8 Å². The molecule has 0 aliphatic carbocycles. The summed E-state index contributed by atoms with van der Waals surface area (Å²) in [5.74, 6) is 0.842. The fourth-order valence-electron chi connectivity index (χ4n) is 2.53. The highest BCUT2D eigenvalue weighted by atomic mass is 16.5. The number of hydrogen-bond donors (Lipinski definition) is 2. The van der Waals surface area contributed by atoms with Gasteiger partial charge in [-0.05, 0) is 24.6 Å². The van der Waals surface area contributed by atoms with Crippen LogP contribution >= 0.6 is 0 Å². The molecule has 1 fully saturated rings. The van der Waals surface area contributed by atoms with E-state index >= 15 is 0 Å². The average molecular weight is 250 g/mol. The highest BCUT2D eigenvalue weighted by Gasteiger charge is 2.24. The second kappa shape index (κ2) is 6.18. The predicted molar refractivity (Wildman–Crippen MR) is 71.9 cm³/mol. The summed E-state index contributed by atoms with van der Waals surface area (Å²) in [4.78, 5) is 2.33. The molecule has 4 heteroatoms. The third-order valence-corrected chi connectivity index (χ3v) is 3.49. The van der Waals surface area contributed by atoms with E-state index in [-0.39, 0.29) is 12.6 Å². The molecule has 2 rings (SSSR count). The van der Waals surface area contributed by atoms with Gasteiger partial charge in [0.2, 0.25) is 0 Å². The molecule has 1 aliphatic rings. The van der Waals surface area contributed by atoms with Gasteiger partial charge in [0.25, 0.3) is 0 Å². The van der Waals surface area contributed by atoms with Gasteiger partial charge in [0.05, 0.1) is 19.8 Å². The van der Waals surface area contributed by atoms with Crippen molar-refractivity contribution in [2.24, 2.45) is 0 Å². The Balaban J connectivity index is 2.16. The second-order valence-electron chi connectivity index (χ2n) is 4.83. The molecule has 1 aliphatic heterocycles. The molecular weight excluding hydrogens is 228 g/mol. The average Bonchev–Trinajstić information content (AvgIpc) is 2.40. The van der Waals surface area contributed by atoms with Gasteiger partial charge in [0, 0.05) is 25.7 Å². The molecule has 4 nitrogen and oxygen atoms in total. The number of nitrogens with one attached hydrogen (secondary N) is 1. The zero-order valence-electron chi connectivity index (χ0n) is 11.1. The molecule has 1 heterocycles. The van der Waals surface area contributed by atoms with Gasteiger partial charge in [0.15, 0.2) is 0 Å². The highest BCUT2D eigenvalue weighted by Crippen LogP contribution is 2.24. The van der Waals surface area contributed by atoms with Crippen LogP contribution in [-0.4, -0.2) is 49.4 Å². The van der Waals surface area contributed by atoms with Gasteiger partial charge in [0.1, 0.15) is 5.75 Å². The number of aliphatic hydroxyl groups is 1. The van der Waals surface area contributed by atoms with E-state index < -0.39 is 0 Å². The molecule has 1 saturated heterocycles. The standard InChI is InChI=1S/C14H22N2O2/c1-11-9-16(7-6-15-11)14(10-17)12-4-3-5-13(8-12)18-2/h3-5,8,11,14-15,17H,6-7,9-10H2,1-2H3. The van der Waals surface area contributed by atoms with Crippen LogP contribution in [-0.2, 0) is 0 Å². The maximum Gasteiger partial charge on any atom is 0.119 e. The van der Waals surface area contributed by atoms with E-state index in [4.69, 9.17) is 4.74 Å². The van der Waals surface area contributed by atoms with Gasteiger partial charge in [-0.15, -0.1) is 0 Å². The lowest BCUT2D eigenvalue weighted by Gasteiger charge is -2.37. The van der Waals surface area contributed by atoms with E-state index in [1.807, 2.05) is 18.2 Å². The molecule has 0 amide bonds. The Morgan fingerprint density at radius 2 is 2.39 bits per heavy atom. The minimum Gasteiger partial charge on any atom is -0.497 e. The third-order valence-electron chi connectivity index (χ3n) is 3.49. The zero-order valence-corrected chi connectivity index (χ0v) is 11.1. The molecule has 18 heavy (non-hydrogen) atoms. The Morgan fingerprint density at radius 3 is 3.06 bits per heavy atom. The predicted octanol–water partition coefficient (Wildman–Crippen LogP) is 1.02. The van der Waals surface area contributed by atoms with Crippen LogP contribution < -0.4 is 10.1 Å². The highest BCUT2D eigenvalue weighted by molar-refractivity contribution is 5.30. The van der Waals surface area contributed by atoms with Crippen molar-refractivity contribution in [1.82, 2.24) is 10.2 Å². The van der Waals surface area contributed by atoms with Crippen LogP contribution in [0.1, 0.15) is 18.5 Å². The second-order valence-corrected chi connectivity index (χ2v) is 4.83. The molecular formula is C14H22N2O2. The van der Waals surface area contributed by atoms with Crippen LogP contribution in [0.25, 0.3) is 0 Å². The minimum atomic E-state index is 0.0599. The summed E-state index contributed by atoms with van der Waals surface area (Å²) in [6.45, 7) is 5.21. The molecule has 2 unspecified atom stereocenters. The Morgan fingerprint density at radius 1 is 1.56 bits per heavy atom. The van der Waals surface area contributed by atoms with Gasteiger partial charge >= 0.3 is 0 Å². The number of rotatable bonds is 4. The topological polar surface area (TPSA) is 44.7 Å². The first-order chi connectivity index (χ1) is 8.74. The zero-order chi connectivity index (χ0) is 13.0. The first kappa shape index (κ1) is 13.3. The van der Waals surface area contributed by atoms with Crippen LogP contribution in [0.2, 0.25) is 0 Å². The lowest BCUT2D eigenvalue weighted by molar-refractivity contribution is 0.0961. The Bertz CT molecular complexity index is 384. The summed E-state index contributed by atoms with van der Waals surface area (Å²) in [5.41, 5.74) is 1.12. The number of aliphatic hydroxyl groups excluding tert-OH is 1. The van der Waals surface area contributed by atoms with Crippen molar-refractivity contribution < 1.29 is 9.84 Å². The lowest BCUT2D eigenvalue weighted by atomic mass is 10.0. The van der Waals surface area contributed by atoms with Crippen LogP contribution in [0.3, 0.4) is 0 Å². The number of methoxy groups -OCH3 is 1. The van der Waals surface area contributed by atoms with Crippen molar-refractivity contribution >= 4 is 0 Å². The van der Waals surface area contributed by atoms with Crippen LogP contribution in [0.4, 0.5) is 0 Å². The molecule has 0 aromatic heterocycles. The van der Waals surface area contributed by atoms with Gasteiger partial charge in [-0.3, -0.25) is 4.90 Å². The molecule has 1 aromatic carbocycles. The number of ether oxygens (including phenoxy) is 1. The van der Waals surface area contributed by atoms with Crippen LogP contribution in [0.15, 0.2) is 24.3 Å². The van der Waals surface area contributed by atoms with Crippen molar-refractivity contribution in [3.63, 3.8) is 0 Å². The largest absolute Gasteiger partial charge is 0.497 e. The van der Waals surface area contributed by atoms with E-state index in [9.17, 15) is 5.11 Å². The van der Waals surface area contributed by atoms with Gasteiger partial charge in [-0.25, -0.2) is 0 Å². The fraction of sp³-hybridized carbons (Fsp3) is 0.571. The summed E-state index contributed by atoms with van der Waals surface area (Å²) in [6, 6.07) is 8.49. The fourth-order valence-corrected chi connectivity index (χ4v) is 2.53. The number of nitrogens with zero attached hydrogens (tertiary/aromatic N) is 1. The quantitative estimate of drug-likeness (QED) is 0.837. The Labute approximate surface area is 109 Å². The van der Waals surface area contributed by atoms with Gasteiger partial charge in [-0.1, -0.05) is 12.1 Å². The first-order valence-electron chi connectivity index (χ1n) is 6.47. The molecule has 2 N–H and O–H groups in total. The molecule has 0 saturated carbocycles. The van der Waals surface area contributed by atoms with Crippen molar-refractivity contribution in [2.45, 2.75) is 19.0 Å². The van der Waals surface area contributed by atoms with E-state index in [0.717, 1.165) is 30.9 Å². The first-order valence-corrected chi connectivity index (χ1v) is 6.47. The van der Waals surface area contributed by atoms with Crippen molar-refractivity contribution in [1.29, 1.82) is 0 Å². The van der Waals surface area contributed by atoms with E-state index in [0.29, 0.717) is 6.04 Å². The maximum atomic E-state index is 9.68. The van der Waals surface area contributed by atoms with Crippen molar-refractivity contribution in [3.8, 4) is 5.75 Å². The molecule has 0 radical (unpaired) electrons. The number of benzene rings is 1. The Hall–Kier alpha value is -1.10. The van der Waals surface area contributed by atoms with E-state index in [1.54, 1.807) is 7.11 Å². The summed E-state index contributed by atoms with van der Waals surface area (Å²) in [5, 5.41) is 13.1. The van der Waals surface area contributed by atoms with Gasteiger partial charge in [-0.2, -0.15) is 0 Å².